The number of hydrogen-bond acceptors (Lipinski definition) is 1. The molecule has 0 aromatic carbocycles. The summed E-state index contributed by atoms with van der Waals surface area (Å²) >= 11 is 2.86. The van der Waals surface area contributed by atoms with Crippen LogP contribution in [0.3, 0.4) is 0 Å². The van der Waals surface area contributed by atoms with Crippen LogP contribution in [0.4, 0.5) is 13.2 Å². The van der Waals surface area contributed by atoms with E-state index in [1.54, 1.807) is 0 Å². The van der Waals surface area contributed by atoms with E-state index >= 15 is 0 Å². The Balaban J connectivity index is 2.78. The molecule has 2 nitrogen and oxygen atoms in total. The van der Waals surface area contributed by atoms with Crippen LogP contribution in [0, 0.1) is 5.92 Å². The predicted molar refractivity (Wildman–Crippen MR) is 54.4 cm³/mol. The Morgan fingerprint density at radius 2 is 2.07 bits per heavy atom. The lowest BCUT2D eigenvalue weighted by Crippen LogP contribution is -2.09. The van der Waals surface area contributed by atoms with Gasteiger partial charge in [0.15, 0.2) is 5.69 Å². The van der Waals surface area contributed by atoms with E-state index in [-0.39, 0.29) is 4.47 Å². The second-order valence-corrected chi connectivity index (χ2v) is 4.62. The summed E-state index contributed by atoms with van der Waals surface area (Å²) in [5.74, 6) is 0.447. The van der Waals surface area contributed by atoms with Gasteiger partial charge in [0, 0.05) is 12.7 Å². The minimum atomic E-state index is -4.39. The van der Waals surface area contributed by atoms with Crippen molar-refractivity contribution in [1.29, 1.82) is 0 Å². The second-order valence-electron chi connectivity index (χ2n) is 3.77. The molecule has 1 heterocycles. The molecule has 1 aromatic rings. The summed E-state index contributed by atoms with van der Waals surface area (Å²) in [6, 6.07) is 0. The fourth-order valence-corrected chi connectivity index (χ4v) is 1.63. The van der Waals surface area contributed by atoms with Crippen LogP contribution in [0.25, 0.3) is 0 Å². The fraction of sp³-hybridized carbons (Fsp3) is 0.667. The molecule has 1 rings (SSSR count). The Bertz CT molecular complexity index is 331. The monoisotopic (exact) mass is 284 g/mol. The smallest absolute Gasteiger partial charge is 0.271 e. The van der Waals surface area contributed by atoms with Gasteiger partial charge in [-0.15, -0.1) is 0 Å². The van der Waals surface area contributed by atoms with E-state index in [0.717, 1.165) is 6.42 Å². The van der Waals surface area contributed by atoms with Gasteiger partial charge in [-0.1, -0.05) is 13.8 Å². The Morgan fingerprint density at radius 1 is 1.47 bits per heavy atom. The first kappa shape index (κ1) is 12.5. The van der Waals surface area contributed by atoms with Gasteiger partial charge in [-0.25, -0.2) is 0 Å². The van der Waals surface area contributed by atoms with Gasteiger partial charge in [0.05, 0.1) is 4.47 Å². The molecule has 0 N–H and O–H groups in total. The number of nitrogens with zero attached hydrogens (tertiary/aromatic N) is 2. The zero-order chi connectivity index (χ0) is 11.6. The maximum absolute atomic E-state index is 12.4. The van der Waals surface area contributed by atoms with Crippen LogP contribution in [0.5, 0.6) is 0 Å². The zero-order valence-corrected chi connectivity index (χ0v) is 10.1. The van der Waals surface area contributed by atoms with Gasteiger partial charge >= 0.3 is 6.18 Å². The highest BCUT2D eigenvalue weighted by Crippen LogP contribution is 2.33. The number of hydrogen-bond donors (Lipinski definition) is 0. The number of alkyl halides is 3. The summed E-state index contributed by atoms with van der Waals surface area (Å²) in [6.07, 6.45) is -2.21. The van der Waals surface area contributed by atoms with Crippen molar-refractivity contribution >= 4 is 15.9 Å². The summed E-state index contributed by atoms with van der Waals surface area (Å²) in [4.78, 5) is 0. The van der Waals surface area contributed by atoms with Crippen molar-refractivity contribution in [1.82, 2.24) is 9.78 Å². The van der Waals surface area contributed by atoms with E-state index in [4.69, 9.17) is 0 Å². The van der Waals surface area contributed by atoms with E-state index in [1.807, 2.05) is 13.8 Å². The van der Waals surface area contributed by atoms with Gasteiger partial charge in [-0.3, -0.25) is 4.68 Å². The van der Waals surface area contributed by atoms with Gasteiger partial charge in [-0.2, -0.15) is 18.3 Å². The van der Waals surface area contributed by atoms with Crippen molar-refractivity contribution in [2.75, 3.05) is 0 Å². The highest BCUT2D eigenvalue weighted by Gasteiger charge is 2.36. The van der Waals surface area contributed by atoms with Crippen molar-refractivity contribution in [3.05, 3.63) is 16.4 Å². The lowest BCUT2D eigenvalue weighted by molar-refractivity contribution is -0.142. The van der Waals surface area contributed by atoms with Crippen molar-refractivity contribution in [3.8, 4) is 0 Å². The number of aryl methyl sites for hydroxylation is 1. The topological polar surface area (TPSA) is 17.8 Å². The van der Waals surface area contributed by atoms with Gasteiger partial charge in [-0.05, 0) is 28.3 Å². The molecule has 0 aliphatic heterocycles. The molecule has 0 aliphatic carbocycles. The van der Waals surface area contributed by atoms with Crippen molar-refractivity contribution in [2.45, 2.75) is 33.0 Å². The molecular formula is C9H12BrF3N2. The molecule has 1 aromatic heterocycles. The average molecular weight is 285 g/mol. The first-order valence-electron chi connectivity index (χ1n) is 4.61. The Morgan fingerprint density at radius 3 is 2.47 bits per heavy atom. The van der Waals surface area contributed by atoms with Crippen molar-refractivity contribution in [2.24, 2.45) is 5.92 Å². The molecule has 0 fully saturated rings. The highest BCUT2D eigenvalue weighted by molar-refractivity contribution is 9.10. The zero-order valence-electron chi connectivity index (χ0n) is 8.48. The van der Waals surface area contributed by atoms with E-state index < -0.39 is 11.9 Å². The van der Waals surface area contributed by atoms with Crippen LogP contribution in [0.1, 0.15) is 26.0 Å². The summed E-state index contributed by atoms with van der Waals surface area (Å²) in [5, 5.41) is 3.50. The summed E-state index contributed by atoms with van der Waals surface area (Å²) in [5.41, 5.74) is -0.855. The molecule has 0 radical (unpaired) electrons. The minimum absolute atomic E-state index is 0.00115. The standard InChI is InChI=1S/C9H12BrF3N2/c1-6(2)3-4-15-5-7(10)8(14-15)9(11,12)13/h5-6H,3-4H2,1-2H3. The van der Waals surface area contributed by atoms with Crippen LogP contribution in [0.2, 0.25) is 0 Å². The third kappa shape index (κ3) is 3.52. The summed E-state index contributed by atoms with van der Waals surface area (Å²) in [7, 11) is 0. The molecule has 6 heteroatoms. The molecule has 0 aliphatic rings. The van der Waals surface area contributed by atoms with Gasteiger partial charge in [0.25, 0.3) is 0 Å². The summed E-state index contributed by atoms with van der Waals surface area (Å²) < 4.78 is 38.4. The van der Waals surface area contributed by atoms with Crippen molar-refractivity contribution in [3.63, 3.8) is 0 Å². The van der Waals surface area contributed by atoms with Crippen LogP contribution in [0.15, 0.2) is 10.7 Å². The SMILES string of the molecule is CC(C)CCn1cc(Br)c(C(F)(F)F)n1. The van der Waals surface area contributed by atoms with Crippen LogP contribution in [-0.4, -0.2) is 9.78 Å². The van der Waals surface area contributed by atoms with E-state index in [1.165, 1.54) is 10.9 Å². The lowest BCUT2D eigenvalue weighted by Gasteiger charge is -2.04. The number of aromatic nitrogens is 2. The number of halogens is 4. The van der Waals surface area contributed by atoms with Crippen molar-refractivity contribution < 1.29 is 13.2 Å². The quantitative estimate of drug-likeness (QED) is 0.827. The Kier molecular flexibility index (Phi) is 3.81. The first-order chi connectivity index (χ1) is 6.80. The van der Waals surface area contributed by atoms with Gasteiger partial charge in [0.2, 0.25) is 0 Å². The molecular weight excluding hydrogens is 273 g/mol. The predicted octanol–water partition coefficient (Wildman–Crippen LogP) is 3.71. The van der Waals surface area contributed by atoms with Gasteiger partial charge in [0.1, 0.15) is 0 Å². The molecule has 0 amide bonds. The minimum Gasteiger partial charge on any atom is -0.271 e. The molecule has 0 saturated heterocycles. The fourth-order valence-electron chi connectivity index (χ4n) is 1.09. The second kappa shape index (κ2) is 4.55. The summed E-state index contributed by atoms with van der Waals surface area (Å²) in [6.45, 7) is 4.54. The Hall–Kier alpha value is -0.520. The molecule has 86 valence electrons. The molecule has 0 atom stereocenters. The molecule has 0 saturated carbocycles. The third-order valence-corrected chi connectivity index (χ3v) is 2.50. The normalized spacial score (nSPS) is 12.5. The maximum atomic E-state index is 12.4. The van der Waals surface area contributed by atoms with E-state index in [2.05, 4.69) is 21.0 Å². The van der Waals surface area contributed by atoms with Crippen LogP contribution >= 0.6 is 15.9 Å². The number of rotatable bonds is 3. The van der Waals surface area contributed by atoms with Crippen LogP contribution in [-0.2, 0) is 12.7 Å². The largest absolute Gasteiger partial charge is 0.436 e. The van der Waals surface area contributed by atoms with E-state index in [0.29, 0.717) is 12.5 Å². The molecule has 0 spiro atoms. The van der Waals surface area contributed by atoms with E-state index in [9.17, 15) is 13.2 Å². The van der Waals surface area contributed by atoms with Crippen LogP contribution < -0.4 is 0 Å². The third-order valence-electron chi connectivity index (χ3n) is 1.92. The maximum Gasteiger partial charge on any atom is 0.436 e. The highest BCUT2D eigenvalue weighted by atomic mass is 79.9. The lowest BCUT2D eigenvalue weighted by atomic mass is 10.1. The average Bonchev–Trinajstić information content (AvgIpc) is 2.42. The molecule has 0 unspecified atom stereocenters. The first-order valence-corrected chi connectivity index (χ1v) is 5.40. The molecule has 15 heavy (non-hydrogen) atoms. The molecule has 0 bridgehead atoms. The Labute approximate surface area is 94.6 Å². The van der Waals surface area contributed by atoms with Gasteiger partial charge < -0.3 is 0 Å².